The molecular formula is C11H9NO2S2. The van der Waals surface area contributed by atoms with Crippen LogP contribution in [0.1, 0.15) is 5.76 Å². The molecular weight excluding hydrogens is 242 g/mol. The van der Waals surface area contributed by atoms with Crippen LogP contribution in [-0.4, -0.2) is 21.7 Å². The summed E-state index contributed by atoms with van der Waals surface area (Å²) in [5, 5.41) is 0. The molecule has 0 unspecified atom stereocenters. The Balaban J connectivity index is 2.23. The normalized spacial score (nSPS) is 18.5. The first-order valence-electron chi connectivity index (χ1n) is 4.62. The number of carbonyl (C=O) groups is 1. The van der Waals surface area contributed by atoms with Gasteiger partial charge in [0.2, 0.25) is 0 Å². The zero-order valence-corrected chi connectivity index (χ0v) is 10.0. The molecule has 5 heteroatoms. The molecule has 0 aromatic carbocycles. The molecule has 82 valence electrons. The third kappa shape index (κ3) is 2.10. The zero-order chi connectivity index (χ0) is 11.5. The molecule has 1 aromatic rings. The monoisotopic (exact) mass is 251 g/mol. The Hall–Kier alpha value is -1.33. The first-order chi connectivity index (χ1) is 7.72. The van der Waals surface area contributed by atoms with E-state index in [0.29, 0.717) is 21.5 Å². The Bertz CT molecular complexity index is 462. The van der Waals surface area contributed by atoms with Gasteiger partial charge in [-0.05, 0) is 12.1 Å². The summed E-state index contributed by atoms with van der Waals surface area (Å²) in [5.41, 5.74) is 0. The highest BCUT2D eigenvalue weighted by atomic mass is 32.2. The fourth-order valence-electron chi connectivity index (χ4n) is 1.29. The molecule has 0 bridgehead atoms. The van der Waals surface area contributed by atoms with Crippen molar-refractivity contribution in [3.05, 3.63) is 41.7 Å². The Morgan fingerprint density at radius 1 is 1.62 bits per heavy atom. The largest absolute Gasteiger partial charge is 0.465 e. The van der Waals surface area contributed by atoms with Crippen LogP contribution >= 0.6 is 24.0 Å². The first kappa shape index (κ1) is 11.2. The number of carbonyl (C=O) groups excluding carboxylic acids is 1. The van der Waals surface area contributed by atoms with E-state index >= 15 is 0 Å². The quantitative estimate of drug-likeness (QED) is 0.470. The molecule has 3 nitrogen and oxygen atoms in total. The summed E-state index contributed by atoms with van der Waals surface area (Å²) in [4.78, 5) is 14.0. The molecule has 1 aliphatic heterocycles. The van der Waals surface area contributed by atoms with Crippen molar-refractivity contribution in [3.63, 3.8) is 0 Å². The second kappa shape index (κ2) is 4.67. The summed E-state index contributed by atoms with van der Waals surface area (Å²) in [6.07, 6.45) is 4.92. The number of furan rings is 1. The summed E-state index contributed by atoms with van der Waals surface area (Å²) in [7, 11) is 0. The van der Waals surface area contributed by atoms with Crippen molar-refractivity contribution in [2.45, 2.75) is 0 Å². The van der Waals surface area contributed by atoms with Crippen LogP contribution in [-0.2, 0) is 4.79 Å². The van der Waals surface area contributed by atoms with E-state index in [-0.39, 0.29) is 5.91 Å². The lowest BCUT2D eigenvalue weighted by Gasteiger charge is -2.10. The van der Waals surface area contributed by atoms with Crippen LogP contribution in [0.5, 0.6) is 0 Å². The van der Waals surface area contributed by atoms with Crippen LogP contribution < -0.4 is 0 Å². The van der Waals surface area contributed by atoms with Gasteiger partial charge in [0.05, 0.1) is 11.2 Å². The van der Waals surface area contributed by atoms with Crippen molar-refractivity contribution in [1.29, 1.82) is 0 Å². The number of thioether (sulfide) groups is 1. The van der Waals surface area contributed by atoms with Crippen LogP contribution in [0.25, 0.3) is 6.08 Å². The van der Waals surface area contributed by atoms with Crippen LogP contribution in [0.15, 0.2) is 40.4 Å². The minimum Gasteiger partial charge on any atom is -0.465 e. The maximum atomic E-state index is 11.9. The van der Waals surface area contributed by atoms with E-state index in [1.54, 1.807) is 30.5 Å². The van der Waals surface area contributed by atoms with Gasteiger partial charge in [0, 0.05) is 12.6 Å². The zero-order valence-electron chi connectivity index (χ0n) is 8.38. The lowest BCUT2D eigenvalue weighted by atomic mass is 10.3. The number of rotatable bonds is 3. The van der Waals surface area contributed by atoms with Crippen molar-refractivity contribution in [2.24, 2.45) is 0 Å². The highest BCUT2D eigenvalue weighted by Crippen LogP contribution is 2.32. The third-order valence-electron chi connectivity index (χ3n) is 2.00. The number of amides is 1. The van der Waals surface area contributed by atoms with Crippen molar-refractivity contribution < 1.29 is 9.21 Å². The Labute approximate surface area is 103 Å². The summed E-state index contributed by atoms with van der Waals surface area (Å²) >= 11 is 6.39. The lowest BCUT2D eigenvalue weighted by Crippen LogP contribution is -2.27. The van der Waals surface area contributed by atoms with Gasteiger partial charge in [-0.15, -0.1) is 6.58 Å². The van der Waals surface area contributed by atoms with E-state index in [1.165, 1.54) is 16.7 Å². The van der Waals surface area contributed by atoms with Gasteiger partial charge in [-0.3, -0.25) is 9.69 Å². The molecule has 16 heavy (non-hydrogen) atoms. The summed E-state index contributed by atoms with van der Waals surface area (Å²) in [6.45, 7) is 4.04. The number of thiocarbonyl (C=S) groups is 1. The van der Waals surface area contributed by atoms with Crippen molar-refractivity contribution >= 4 is 40.3 Å². The van der Waals surface area contributed by atoms with Gasteiger partial charge < -0.3 is 4.42 Å². The minimum absolute atomic E-state index is 0.0914. The van der Waals surface area contributed by atoms with Gasteiger partial charge in [-0.1, -0.05) is 30.1 Å². The molecule has 2 rings (SSSR count). The Kier molecular flexibility index (Phi) is 3.26. The van der Waals surface area contributed by atoms with Gasteiger partial charge in [-0.25, -0.2) is 0 Å². The molecule has 0 aliphatic carbocycles. The van der Waals surface area contributed by atoms with Gasteiger partial charge >= 0.3 is 0 Å². The van der Waals surface area contributed by atoms with Crippen LogP contribution in [0, 0.1) is 0 Å². The van der Waals surface area contributed by atoms with Crippen LogP contribution in [0.4, 0.5) is 0 Å². The molecule has 0 saturated carbocycles. The number of nitrogens with zero attached hydrogens (tertiary/aromatic N) is 1. The van der Waals surface area contributed by atoms with Crippen LogP contribution in [0.2, 0.25) is 0 Å². The van der Waals surface area contributed by atoms with E-state index in [4.69, 9.17) is 16.6 Å². The predicted molar refractivity (Wildman–Crippen MR) is 68.8 cm³/mol. The molecule has 2 heterocycles. The van der Waals surface area contributed by atoms with Crippen molar-refractivity contribution in [1.82, 2.24) is 4.90 Å². The Morgan fingerprint density at radius 2 is 2.44 bits per heavy atom. The second-order valence-corrected chi connectivity index (χ2v) is 4.77. The average molecular weight is 251 g/mol. The van der Waals surface area contributed by atoms with Gasteiger partial charge in [0.1, 0.15) is 10.1 Å². The molecule has 0 N–H and O–H groups in total. The van der Waals surface area contributed by atoms with Crippen molar-refractivity contribution in [2.75, 3.05) is 6.54 Å². The first-order valence-corrected chi connectivity index (χ1v) is 5.84. The highest BCUT2D eigenvalue weighted by molar-refractivity contribution is 8.26. The van der Waals surface area contributed by atoms with E-state index in [0.717, 1.165) is 0 Å². The second-order valence-electron chi connectivity index (χ2n) is 3.10. The molecule has 0 atom stereocenters. The summed E-state index contributed by atoms with van der Waals surface area (Å²) in [6, 6.07) is 3.57. The smallest absolute Gasteiger partial charge is 0.266 e. The molecule has 1 aromatic heterocycles. The standard InChI is InChI=1S/C11H9NO2S2/c1-2-5-12-10(13)9(16-11(12)15)7-8-4-3-6-14-8/h2-4,6-7H,1,5H2/b9-7-. The number of hydrogen-bond donors (Lipinski definition) is 0. The molecule has 0 spiro atoms. The van der Waals surface area contributed by atoms with E-state index in [2.05, 4.69) is 6.58 Å². The lowest BCUT2D eigenvalue weighted by molar-refractivity contribution is -0.121. The summed E-state index contributed by atoms with van der Waals surface area (Å²) < 4.78 is 5.71. The van der Waals surface area contributed by atoms with E-state index in [1.807, 2.05) is 0 Å². The van der Waals surface area contributed by atoms with Crippen molar-refractivity contribution in [3.8, 4) is 0 Å². The fourth-order valence-corrected chi connectivity index (χ4v) is 2.54. The van der Waals surface area contributed by atoms with Gasteiger partial charge in [-0.2, -0.15) is 0 Å². The molecule has 1 aliphatic rings. The number of hydrogen-bond acceptors (Lipinski definition) is 4. The molecule has 0 radical (unpaired) electrons. The van der Waals surface area contributed by atoms with E-state index in [9.17, 15) is 4.79 Å². The maximum absolute atomic E-state index is 11.9. The van der Waals surface area contributed by atoms with E-state index < -0.39 is 0 Å². The van der Waals surface area contributed by atoms with Crippen LogP contribution in [0.3, 0.4) is 0 Å². The minimum atomic E-state index is -0.0914. The average Bonchev–Trinajstić information content (AvgIpc) is 2.84. The molecule has 1 fully saturated rings. The van der Waals surface area contributed by atoms with Gasteiger partial charge in [0.25, 0.3) is 5.91 Å². The topological polar surface area (TPSA) is 33.5 Å². The Morgan fingerprint density at radius 3 is 3.06 bits per heavy atom. The van der Waals surface area contributed by atoms with Gasteiger partial charge in [0.15, 0.2) is 0 Å². The fraction of sp³-hybridized carbons (Fsp3) is 0.0909. The predicted octanol–water partition coefficient (Wildman–Crippen LogP) is 2.67. The maximum Gasteiger partial charge on any atom is 0.266 e. The SMILES string of the molecule is C=CCN1C(=O)/C(=C/c2ccco2)SC1=S. The molecule has 1 amide bonds. The summed E-state index contributed by atoms with van der Waals surface area (Å²) in [5.74, 6) is 0.561. The third-order valence-corrected chi connectivity index (χ3v) is 3.38. The highest BCUT2D eigenvalue weighted by Gasteiger charge is 2.31. The molecule has 1 saturated heterocycles.